The molecule has 0 saturated heterocycles. The van der Waals surface area contributed by atoms with Gasteiger partial charge in [-0.05, 0) is 50.1 Å². The van der Waals surface area contributed by atoms with Crippen molar-refractivity contribution in [2.24, 2.45) is 0 Å². The fourth-order valence-electron chi connectivity index (χ4n) is 3.65. The number of nitrogens with one attached hydrogen (secondary N) is 1. The van der Waals surface area contributed by atoms with E-state index in [9.17, 15) is 9.59 Å². The van der Waals surface area contributed by atoms with Crippen LogP contribution in [0.5, 0.6) is 0 Å². The molecule has 3 nitrogen and oxygen atoms in total. The van der Waals surface area contributed by atoms with E-state index in [1.807, 2.05) is 69.3 Å². The Bertz CT molecular complexity index is 1070. The molecule has 0 unspecified atom stereocenters. The molecule has 3 heteroatoms. The zero-order valence-corrected chi connectivity index (χ0v) is 15.0. The second-order valence-corrected chi connectivity index (χ2v) is 6.83. The van der Waals surface area contributed by atoms with E-state index < -0.39 is 0 Å². The predicted molar refractivity (Wildman–Crippen MR) is 104 cm³/mol. The fourth-order valence-corrected chi connectivity index (χ4v) is 3.65. The highest BCUT2D eigenvalue weighted by Gasteiger charge is 2.34. The van der Waals surface area contributed by atoms with E-state index in [0.717, 1.165) is 22.4 Å². The molecule has 0 atom stereocenters. The first-order valence-electron chi connectivity index (χ1n) is 8.63. The average Bonchev–Trinajstić information content (AvgIpc) is 2.62. The van der Waals surface area contributed by atoms with Gasteiger partial charge >= 0.3 is 0 Å². The quantitative estimate of drug-likeness (QED) is 0.550. The van der Waals surface area contributed by atoms with Crippen LogP contribution in [0.15, 0.2) is 54.6 Å². The maximum atomic E-state index is 13.3. The number of ketones is 2. The molecule has 0 saturated carbocycles. The van der Waals surface area contributed by atoms with E-state index in [1.54, 1.807) is 6.07 Å². The summed E-state index contributed by atoms with van der Waals surface area (Å²) < 4.78 is 0. The Morgan fingerprint density at radius 3 is 2.12 bits per heavy atom. The van der Waals surface area contributed by atoms with E-state index in [1.165, 1.54) is 0 Å². The number of carbonyl (C=O) groups is 2. The van der Waals surface area contributed by atoms with Gasteiger partial charge in [0.1, 0.15) is 0 Å². The first-order valence-corrected chi connectivity index (χ1v) is 8.63. The highest BCUT2D eigenvalue weighted by molar-refractivity contribution is 6.31. The number of carbonyl (C=O) groups excluding carboxylic acids is 2. The summed E-state index contributed by atoms with van der Waals surface area (Å²) in [5, 5.41) is 3.35. The molecular weight excluding hydrogens is 322 g/mol. The number of fused-ring (bicyclic) bond motifs is 2. The van der Waals surface area contributed by atoms with Crippen molar-refractivity contribution in [3.8, 4) is 0 Å². The number of hydrogen-bond acceptors (Lipinski definition) is 3. The van der Waals surface area contributed by atoms with Gasteiger partial charge in [-0.15, -0.1) is 0 Å². The first-order chi connectivity index (χ1) is 12.5. The van der Waals surface area contributed by atoms with Crippen molar-refractivity contribution in [3.63, 3.8) is 0 Å². The monoisotopic (exact) mass is 341 g/mol. The number of anilines is 2. The largest absolute Gasteiger partial charge is 0.355 e. The van der Waals surface area contributed by atoms with Crippen molar-refractivity contribution >= 4 is 22.9 Å². The van der Waals surface area contributed by atoms with Gasteiger partial charge in [0, 0.05) is 22.4 Å². The van der Waals surface area contributed by atoms with Crippen LogP contribution in [-0.4, -0.2) is 11.6 Å². The molecule has 1 aliphatic rings. The number of rotatable bonds is 2. The second-order valence-electron chi connectivity index (χ2n) is 6.83. The molecule has 4 rings (SSSR count). The van der Waals surface area contributed by atoms with Crippen LogP contribution in [-0.2, 0) is 0 Å². The summed E-state index contributed by atoms with van der Waals surface area (Å²) >= 11 is 0. The van der Waals surface area contributed by atoms with Gasteiger partial charge in [0.2, 0.25) is 0 Å². The summed E-state index contributed by atoms with van der Waals surface area (Å²) in [4.78, 5) is 26.5. The van der Waals surface area contributed by atoms with E-state index in [-0.39, 0.29) is 11.6 Å². The lowest BCUT2D eigenvalue weighted by Gasteiger charge is -2.24. The van der Waals surface area contributed by atoms with Gasteiger partial charge in [-0.3, -0.25) is 9.59 Å². The van der Waals surface area contributed by atoms with Gasteiger partial charge in [-0.1, -0.05) is 42.0 Å². The zero-order chi connectivity index (χ0) is 18.4. The van der Waals surface area contributed by atoms with Crippen LogP contribution in [0.2, 0.25) is 0 Å². The average molecular weight is 341 g/mol. The van der Waals surface area contributed by atoms with Crippen LogP contribution in [0.1, 0.15) is 48.5 Å². The first kappa shape index (κ1) is 16.3. The standard InChI is InChI=1S/C23H19NO2/c1-13-9-10-17-18(11-13)23(26)19-14(2)12-15(3)21(20(19)22(17)25)24-16-7-5-4-6-8-16/h4-12,24H,1-3H3. The van der Waals surface area contributed by atoms with Crippen LogP contribution in [0, 0.1) is 20.8 Å². The van der Waals surface area contributed by atoms with Crippen molar-refractivity contribution in [1.82, 2.24) is 0 Å². The number of para-hydroxylation sites is 1. The molecule has 3 aromatic rings. The third-order valence-electron chi connectivity index (χ3n) is 4.88. The van der Waals surface area contributed by atoms with E-state index in [2.05, 4.69) is 5.32 Å². The van der Waals surface area contributed by atoms with Crippen LogP contribution >= 0.6 is 0 Å². The number of hydrogen-bond donors (Lipinski definition) is 1. The van der Waals surface area contributed by atoms with Crippen LogP contribution in [0.4, 0.5) is 11.4 Å². The molecule has 0 amide bonds. The van der Waals surface area contributed by atoms with E-state index >= 15 is 0 Å². The maximum Gasteiger partial charge on any atom is 0.196 e. The van der Waals surface area contributed by atoms with Gasteiger partial charge < -0.3 is 5.32 Å². The van der Waals surface area contributed by atoms with Crippen LogP contribution < -0.4 is 5.32 Å². The van der Waals surface area contributed by atoms with Crippen LogP contribution in [0.3, 0.4) is 0 Å². The Balaban J connectivity index is 1.96. The molecule has 1 aliphatic carbocycles. The van der Waals surface area contributed by atoms with Crippen molar-refractivity contribution in [3.05, 3.63) is 93.5 Å². The van der Waals surface area contributed by atoms with Crippen molar-refractivity contribution < 1.29 is 9.59 Å². The third kappa shape index (κ3) is 2.44. The maximum absolute atomic E-state index is 13.3. The zero-order valence-electron chi connectivity index (χ0n) is 15.0. The summed E-state index contributed by atoms with van der Waals surface area (Å²) in [5.74, 6) is -0.174. The summed E-state index contributed by atoms with van der Waals surface area (Å²) in [6.45, 7) is 5.78. The molecule has 128 valence electrons. The molecule has 3 aromatic carbocycles. The molecule has 0 bridgehead atoms. The second kappa shape index (κ2) is 5.95. The summed E-state index contributed by atoms with van der Waals surface area (Å²) in [7, 11) is 0. The molecule has 0 heterocycles. The molecular formula is C23H19NO2. The van der Waals surface area contributed by atoms with Gasteiger partial charge in [0.15, 0.2) is 11.6 Å². The van der Waals surface area contributed by atoms with Gasteiger partial charge in [0.25, 0.3) is 0 Å². The molecule has 1 N–H and O–H groups in total. The lowest BCUT2D eigenvalue weighted by molar-refractivity contribution is 0.0979. The number of benzene rings is 3. The number of aryl methyl sites for hydroxylation is 3. The van der Waals surface area contributed by atoms with Crippen molar-refractivity contribution in [1.29, 1.82) is 0 Å². The minimum atomic E-state index is -0.0974. The van der Waals surface area contributed by atoms with Gasteiger partial charge in [-0.2, -0.15) is 0 Å². The predicted octanol–water partition coefficient (Wildman–Crippen LogP) is 5.13. The molecule has 0 spiro atoms. The Kier molecular flexibility index (Phi) is 3.73. The minimum Gasteiger partial charge on any atom is -0.355 e. The lowest BCUT2D eigenvalue weighted by Crippen LogP contribution is -2.24. The normalized spacial score (nSPS) is 12.6. The topological polar surface area (TPSA) is 46.2 Å². The third-order valence-corrected chi connectivity index (χ3v) is 4.88. The summed E-state index contributed by atoms with van der Waals surface area (Å²) in [6.07, 6.45) is 0. The Hall–Kier alpha value is -3.20. The van der Waals surface area contributed by atoms with Crippen LogP contribution in [0.25, 0.3) is 0 Å². The minimum absolute atomic E-state index is 0.0769. The fraction of sp³-hybridized carbons (Fsp3) is 0.130. The summed E-state index contributed by atoms with van der Waals surface area (Å²) in [6, 6.07) is 17.1. The highest BCUT2D eigenvalue weighted by Crippen LogP contribution is 2.37. The SMILES string of the molecule is Cc1ccc2c(c1)C(=O)c1c(C)cc(C)c(Nc3ccccc3)c1C2=O. The summed E-state index contributed by atoms with van der Waals surface area (Å²) in [5.41, 5.74) is 6.32. The highest BCUT2D eigenvalue weighted by atomic mass is 16.1. The van der Waals surface area contributed by atoms with Crippen molar-refractivity contribution in [2.45, 2.75) is 20.8 Å². The van der Waals surface area contributed by atoms with Crippen molar-refractivity contribution in [2.75, 3.05) is 5.32 Å². The Labute approximate surface area is 152 Å². The van der Waals surface area contributed by atoms with E-state index in [0.29, 0.717) is 27.9 Å². The lowest BCUT2D eigenvalue weighted by atomic mass is 9.79. The molecule has 0 aliphatic heterocycles. The Morgan fingerprint density at radius 1 is 0.692 bits per heavy atom. The Morgan fingerprint density at radius 2 is 1.38 bits per heavy atom. The van der Waals surface area contributed by atoms with Gasteiger partial charge in [-0.25, -0.2) is 0 Å². The molecule has 0 aromatic heterocycles. The van der Waals surface area contributed by atoms with E-state index in [4.69, 9.17) is 0 Å². The molecule has 0 fully saturated rings. The molecule has 26 heavy (non-hydrogen) atoms. The van der Waals surface area contributed by atoms with Gasteiger partial charge in [0.05, 0.1) is 11.3 Å². The molecule has 0 radical (unpaired) electrons. The smallest absolute Gasteiger partial charge is 0.196 e.